The molecule has 2 atom stereocenters. The van der Waals surface area contributed by atoms with Crippen LogP contribution in [0.3, 0.4) is 0 Å². The highest BCUT2D eigenvalue weighted by atomic mass is 32.1. The first-order chi connectivity index (χ1) is 9.70. The zero-order chi connectivity index (χ0) is 13.7. The average Bonchev–Trinajstić information content (AvgIpc) is 2.93. The van der Waals surface area contributed by atoms with Gasteiger partial charge in [0.05, 0.1) is 10.6 Å². The molecule has 0 saturated heterocycles. The SMILES string of the molecule is CC1CC1(C)c1c(-c2ccccn2)sc2ccccc12. The molecule has 4 rings (SSSR count). The molecule has 20 heavy (non-hydrogen) atoms. The molecule has 2 heterocycles. The lowest BCUT2D eigenvalue weighted by Gasteiger charge is -2.12. The van der Waals surface area contributed by atoms with Crippen LogP contribution >= 0.6 is 11.3 Å². The molecule has 1 aliphatic carbocycles. The quantitative estimate of drug-likeness (QED) is 0.623. The van der Waals surface area contributed by atoms with Gasteiger partial charge in [-0.3, -0.25) is 4.98 Å². The van der Waals surface area contributed by atoms with Crippen LogP contribution in [0.4, 0.5) is 0 Å². The Kier molecular flexibility index (Phi) is 2.52. The van der Waals surface area contributed by atoms with E-state index >= 15 is 0 Å². The molecule has 0 spiro atoms. The Hall–Kier alpha value is -1.67. The minimum atomic E-state index is 0.326. The van der Waals surface area contributed by atoms with Gasteiger partial charge in [-0.2, -0.15) is 0 Å². The molecular weight excluding hydrogens is 262 g/mol. The van der Waals surface area contributed by atoms with Crippen molar-refractivity contribution < 1.29 is 0 Å². The number of aromatic nitrogens is 1. The second-order valence-electron chi connectivity index (χ2n) is 6.04. The van der Waals surface area contributed by atoms with Gasteiger partial charge in [0.1, 0.15) is 0 Å². The fraction of sp³-hybridized carbons (Fsp3) is 0.278. The second kappa shape index (κ2) is 4.16. The van der Waals surface area contributed by atoms with Crippen molar-refractivity contribution in [2.45, 2.75) is 25.7 Å². The summed E-state index contributed by atoms with van der Waals surface area (Å²) in [6.45, 7) is 4.76. The van der Waals surface area contributed by atoms with Crippen LogP contribution in [0.2, 0.25) is 0 Å². The molecule has 1 nitrogen and oxygen atoms in total. The van der Waals surface area contributed by atoms with Gasteiger partial charge in [-0.1, -0.05) is 38.1 Å². The highest BCUT2D eigenvalue weighted by molar-refractivity contribution is 7.22. The van der Waals surface area contributed by atoms with Crippen LogP contribution in [0.1, 0.15) is 25.8 Å². The van der Waals surface area contributed by atoms with Crippen LogP contribution in [-0.4, -0.2) is 4.98 Å². The predicted octanol–water partition coefficient (Wildman–Crippen LogP) is 5.26. The van der Waals surface area contributed by atoms with Gasteiger partial charge in [-0.05, 0) is 46.9 Å². The molecule has 3 aromatic rings. The summed E-state index contributed by atoms with van der Waals surface area (Å²) in [4.78, 5) is 5.94. The smallest absolute Gasteiger partial charge is 0.0805 e. The van der Waals surface area contributed by atoms with E-state index in [9.17, 15) is 0 Å². The third-order valence-electron chi connectivity index (χ3n) is 4.72. The van der Waals surface area contributed by atoms with Crippen molar-refractivity contribution in [3.8, 4) is 10.6 Å². The zero-order valence-electron chi connectivity index (χ0n) is 11.8. The second-order valence-corrected chi connectivity index (χ2v) is 7.09. The highest BCUT2D eigenvalue weighted by Gasteiger charge is 2.50. The lowest BCUT2D eigenvalue weighted by molar-refractivity contribution is 0.712. The van der Waals surface area contributed by atoms with Crippen molar-refractivity contribution in [2.24, 2.45) is 5.92 Å². The molecule has 2 aromatic heterocycles. The minimum Gasteiger partial charge on any atom is -0.255 e. The Morgan fingerprint density at radius 2 is 1.90 bits per heavy atom. The normalized spacial score (nSPS) is 25.0. The summed E-state index contributed by atoms with van der Waals surface area (Å²) in [7, 11) is 0. The van der Waals surface area contributed by atoms with Gasteiger partial charge in [0.25, 0.3) is 0 Å². The number of thiophene rings is 1. The van der Waals surface area contributed by atoms with Crippen LogP contribution in [0.15, 0.2) is 48.7 Å². The molecule has 1 aliphatic rings. The number of rotatable bonds is 2. The van der Waals surface area contributed by atoms with E-state index < -0.39 is 0 Å². The lowest BCUT2D eigenvalue weighted by atomic mass is 9.92. The standard InChI is InChI=1S/C18H17NS/c1-12-11-18(12,2)16-13-7-3-4-9-15(13)20-17(16)14-8-5-6-10-19-14/h3-10,12H,11H2,1-2H3. The van der Waals surface area contributed by atoms with Crippen molar-refractivity contribution in [1.29, 1.82) is 0 Å². The fourth-order valence-electron chi connectivity index (χ4n) is 3.22. The number of benzene rings is 1. The lowest BCUT2D eigenvalue weighted by Crippen LogP contribution is -2.04. The van der Waals surface area contributed by atoms with Gasteiger partial charge in [0.2, 0.25) is 0 Å². The Morgan fingerprint density at radius 3 is 2.60 bits per heavy atom. The molecule has 0 bridgehead atoms. The van der Waals surface area contributed by atoms with E-state index in [1.807, 2.05) is 23.6 Å². The van der Waals surface area contributed by atoms with E-state index in [4.69, 9.17) is 0 Å². The Labute approximate surface area is 123 Å². The monoisotopic (exact) mass is 279 g/mol. The first-order valence-corrected chi connectivity index (χ1v) is 7.95. The molecule has 0 radical (unpaired) electrons. The van der Waals surface area contributed by atoms with Gasteiger partial charge in [0.15, 0.2) is 0 Å². The number of hydrogen-bond acceptors (Lipinski definition) is 2. The highest BCUT2D eigenvalue weighted by Crippen LogP contribution is 2.59. The van der Waals surface area contributed by atoms with Crippen molar-refractivity contribution >= 4 is 21.4 Å². The molecule has 100 valence electrons. The van der Waals surface area contributed by atoms with Crippen LogP contribution in [0.5, 0.6) is 0 Å². The summed E-state index contributed by atoms with van der Waals surface area (Å²) < 4.78 is 1.38. The van der Waals surface area contributed by atoms with Crippen LogP contribution in [0.25, 0.3) is 20.7 Å². The van der Waals surface area contributed by atoms with Gasteiger partial charge < -0.3 is 0 Å². The maximum absolute atomic E-state index is 4.58. The summed E-state index contributed by atoms with van der Waals surface area (Å²) in [5.74, 6) is 0.767. The van der Waals surface area contributed by atoms with Gasteiger partial charge >= 0.3 is 0 Å². The number of pyridine rings is 1. The fourth-order valence-corrected chi connectivity index (χ4v) is 4.53. The summed E-state index contributed by atoms with van der Waals surface area (Å²) in [6.07, 6.45) is 3.18. The molecular formula is C18H17NS. The van der Waals surface area contributed by atoms with Crippen molar-refractivity contribution in [2.75, 3.05) is 0 Å². The Bertz CT molecular complexity index is 774. The molecule has 2 heteroatoms. The summed E-state index contributed by atoms with van der Waals surface area (Å²) in [6, 6.07) is 15.0. The maximum Gasteiger partial charge on any atom is 0.0805 e. The van der Waals surface area contributed by atoms with Crippen molar-refractivity contribution in [3.05, 3.63) is 54.2 Å². The molecule has 1 saturated carbocycles. The summed E-state index contributed by atoms with van der Waals surface area (Å²) in [5, 5.41) is 1.42. The van der Waals surface area contributed by atoms with Gasteiger partial charge in [-0.15, -0.1) is 11.3 Å². The van der Waals surface area contributed by atoms with E-state index in [0.717, 1.165) is 11.6 Å². The average molecular weight is 279 g/mol. The topological polar surface area (TPSA) is 12.9 Å². The molecule has 1 fully saturated rings. The van der Waals surface area contributed by atoms with E-state index in [0.29, 0.717) is 5.41 Å². The Morgan fingerprint density at radius 1 is 1.15 bits per heavy atom. The summed E-state index contributed by atoms with van der Waals surface area (Å²) >= 11 is 1.88. The van der Waals surface area contributed by atoms with E-state index in [1.54, 1.807) is 0 Å². The number of hydrogen-bond donors (Lipinski definition) is 0. The third kappa shape index (κ3) is 1.64. The molecule has 2 unspecified atom stereocenters. The minimum absolute atomic E-state index is 0.326. The maximum atomic E-state index is 4.58. The Balaban J connectivity index is 2.04. The summed E-state index contributed by atoms with van der Waals surface area (Å²) in [5.41, 5.74) is 2.96. The van der Waals surface area contributed by atoms with E-state index in [1.165, 1.54) is 26.9 Å². The van der Waals surface area contributed by atoms with E-state index in [2.05, 4.69) is 55.2 Å². The van der Waals surface area contributed by atoms with Gasteiger partial charge in [-0.25, -0.2) is 0 Å². The van der Waals surface area contributed by atoms with Crippen molar-refractivity contribution in [1.82, 2.24) is 4.98 Å². The van der Waals surface area contributed by atoms with Crippen LogP contribution in [-0.2, 0) is 5.41 Å². The zero-order valence-corrected chi connectivity index (χ0v) is 12.6. The molecule has 1 aromatic carbocycles. The van der Waals surface area contributed by atoms with Crippen LogP contribution < -0.4 is 0 Å². The third-order valence-corrected chi connectivity index (χ3v) is 5.92. The predicted molar refractivity (Wildman–Crippen MR) is 86.2 cm³/mol. The van der Waals surface area contributed by atoms with E-state index in [-0.39, 0.29) is 0 Å². The van der Waals surface area contributed by atoms with Crippen molar-refractivity contribution in [3.63, 3.8) is 0 Å². The number of nitrogens with zero attached hydrogens (tertiary/aromatic N) is 1. The molecule has 0 aliphatic heterocycles. The largest absolute Gasteiger partial charge is 0.255 e. The first-order valence-electron chi connectivity index (χ1n) is 7.13. The number of fused-ring (bicyclic) bond motifs is 1. The first kappa shape index (κ1) is 12.1. The van der Waals surface area contributed by atoms with Gasteiger partial charge in [0, 0.05) is 10.9 Å². The molecule has 0 N–H and O–H groups in total. The van der Waals surface area contributed by atoms with Crippen LogP contribution in [0, 0.1) is 5.92 Å². The molecule has 0 amide bonds.